The van der Waals surface area contributed by atoms with Crippen molar-refractivity contribution in [3.05, 3.63) is 70.9 Å². The zero-order chi connectivity index (χ0) is 15.7. The molecule has 0 saturated carbocycles. The smallest absolute Gasteiger partial charge is 0.268 e. The molecule has 1 aromatic heterocycles. The molecule has 0 bridgehead atoms. The van der Waals surface area contributed by atoms with Gasteiger partial charge >= 0.3 is 0 Å². The molecule has 0 aliphatic heterocycles. The maximum absolute atomic E-state index is 12.5. The van der Waals surface area contributed by atoms with E-state index in [1.54, 1.807) is 0 Å². The van der Waals surface area contributed by atoms with E-state index >= 15 is 0 Å². The Labute approximate surface area is 134 Å². The highest BCUT2D eigenvalue weighted by molar-refractivity contribution is 6.31. The molecule has 3 nitrogen and oxygen atoms in total. The zero-order valence-electron chi connectivity index (χ0n) is 12.5. The quantitative estimate of drug-likeness (QED) is 0.767. The number of rotatable bonds is 3. The number of fused-ring (bicyclic) bond motifs is 1. The van der Waals surface area contributed by atoms with Gasteiger partial charge in [0.15, 0.2) is 0 Å². The van der Waals surface area contributed by atoms with E-state index in [-0.39, 0.29) is 11.9 Å². The molecular formula is C18H17ClN2O. The van der Waals surface area contributed by atoms with Crippen LogP contribution in [0.2, 0.25) is 5.02 Å². The number of amides is 1. The summed E-state index contributed by atoms with van der Waals surface area (Å²) < 4.78 is 1.87. The topological polar surface area (TPSA) is 34.0 Å². The Morgan fingerprint density at radius 2 is 1.86 bits per heavy atom. The number of hydrogen-bond donors (Lipinski definition) is 1. The molecular weight excluding hydrogens is 296 g/mol. The number of halogens is 1. The molecule has 1 heterocycles. The summed E-state index contributed by atoms with van der Waals surface area (Å²) in [7, 11) is 1.88. The van der Waals surface area contributed by atoms with Gasteiger partial charge in [-0.25, -0.2) is 0 Å². The lowest BCUT2D eigenvalue weighted by Gasteiger charge is -2.14. The van der Waals surface area contributed by atoms with Gasteiger partial charge in [0.2, 0.25) is 0 Å². The van der Waals surface area contributed by atoms with Gasteiger partial charge in [-0.2, -0.15) is 0 Å². The number of aromatic nitrogens is 1. The van der Waals surface area contributed by atoms with Gasteiger partial charge < -0.3 is 9.88 Å². The van der Waals surface area contributed by atoms with Crippen molar-refractivity contribution in [1.29, 1.82) is 0 Å². The van der Waals surface area contributed by atoms with Crippen LogP contribution in [-0.2, 0) is 7.05 Å². The Hall–Kier alpha value is -2.26. The summed E-state index contributed by atoms with van der Waals surface area (Å²) in [6, 6.07) is 17.4. The number of hydrogen-bond acceptors (Lipinski definition) is 1. The molecule has 0 unspecified atom stereocenters. The van der Waals surface area contributed by atoms with Crippen LogP contribution in [0.3, 0.4) is 0 Å². The first-order chi connectivity index (χ1) is 10.6. The van der Waals surface area contributed by atoms with Crippen LogP contribution in [-0.4, -0.2) is 10.5 Å². The predicted octanol–water partition coefficient (Wildman–Crippen LogP) is 4.32. The highest BCUT2D eigenvalue weighted by Gasteiger charge is 2.16. The normalized spacial score (nSPS) is 12.3. The molecule has 3 rings (SSSR count). The van der Waals surface area contributed by atoms with Crippen molar-refractivity contribution in [1.82, 2.24) is 9.88 Å². The fourth-order valence-corrected chi connectivity index (χ4v) is 2.78. The van der Waals surface area contributed by atoms with Crippen LogP contribution in [0.5, 0.6) is 0 Å². The second kappa shape index (κ2) is 5.85. The molecule has 0 spiro atoms. The number of carbonyl (C=O) groups is 1. The molecule has 0 aliphatic rings. The lowest BCUT2D eigenvalue weighted by atomic mass is 10.1. The minimum absolute atomic E-state index is 0.0460. The van der Waals surface area contributed by atoms with Crippen molar-refractivity contribution in [2.75, 3.05) is 0 Å². The van der Waals surface area contributed by atoms with E-state index < -0.39 is 0 Å². The van der Waals surface area contributed by atoms with Crippen molar-refractivity contribution < 1.29 is 4.79 Å². The third kappa shape index (κ3) is 2.72. The van der Waals surface area contributed by atoms with E-state index in [9.17, 15) is 4.79 Å². The van der Waals surface area contributed by atoms with E-state index in [0.29, 0.717) is 10.7 Å². The summed E-state index contributed by atoms with van der Waals surface area (Å²) >= 11 is 6.03. The largest absolute Gasteiger partial charge is 0.344 e. The van der Waals surface area contributed by atoms with Gasteiger partial charge in [-0.15, -0.1) is 0 Å². The molecule has 112 valence electrons. The second-order valence-corrected chi connectivity index (χ2v) is 5.83. The first-order valence-corrected chi connectivity index (χ1v) is 7.55. The van der Waals surface area contributed by atoms with Gasteiger partial charge in [0, 0.05) is 23.0 Å². The van der Waals surface area contributed by atoms with Crippen LogP contribution in [0.1, 0.15) is 29.0 Å². The summed E-state index contributed by atoms with van der Waals surface area (Å²) in [4.78, 5) is 12.5. The number of benzene rings is 2. The van der Waals surface area contributed by atoms with E-state index in [1.807, 2.05) is 73.1 Å². The molecule has 0 aliphatic carbocycles. The SMILES string of the molecule is C[C@H](NC(=O)c1cc2ccc(Cl)cc2n1C)c1ccccc1. The highest BCUT2D eigenvalue weighted by atomic mass is 35.5. The summed E-state index contributed by atoms with van der Waals surface area (Å²) in [6.45, 7) is 1.98. The van der Waals surface area contributed by atoms with Crippen molar-refractivity contribution in [2.45, 2.75) is 13.0 Å². The number of nitrogens with zero attached hydrogens (tertiary/aromatic N) is 1. The predicted molar refractivity (Wildman–Crippen MR) is 90.3 cm³/mol. The van der Waals surface area contributed by atoms with E-state index in [0.717, 1.165) is 16.5 Å². The maximum atomic E-state index is 12.5. The highest BCUT2D eigenvalue weighted by Crippen LogP contribution is 2.23. The van der Waals surface area contributed by atoms with Gasteiger partial charge in [0.25, 0.3) is 5.91 Å². The fraction of sp³-hybridized carbons (Fsp3) is 0.167. The average molecular weight is 313 g/mol. The van der Waals surface area contributed by atoms with Crippen LogP contribution >= 0.6 is 11.6 Å². The Kier molecular flexibility index (Phi) is 3.90. The minimum atomic E-state index is -0.0915. The summed E-state index contributed by atoms with van der Waals surface area (Å²) in [5, 5.41) is 4.71. The van der Waals surface area contributed by atoms with Crippen molar-refractivity contribution in [3.8, 4) is 0 Å². The van der Waals surface area contributed by atoms with Crippen molar-refractivity contribution in [3.63, 3.8) is 0 Å². The van der Waals surface area contributed by atoms with Crippen LogP contribution in [0.25, 0.3) is 10.9 Å². The van der Waals surface area contributed by atoms with Gasteiger partial charge in [-0.1, -0.05) is 48.0 Å². The Balaban J connectivity index is 1.88. The van der Waals surface area contributed by atoms with Crippen LogP contribution in [0, 0.1) is 0 Å². The van der Waals surface area contributed by atoms with Gasteiger partial charge in [-0.05, 0) is 30.7 Å². The third-order valence-corrected chi connectivity index (χ3v) is 4.12. The van der Waals surface area contributed by atoms with Gasteiger partial charge in [-0.3, -0.25) is 4.79 Å². The molecule has 1 N–H and O–H groups in total. The molecule has 22 heavy (non-hydrogen) atoms. The Morgan fingerprint density at radius 1 is 1.14 bits per heavy atom. The zero-order valence-corrected chi connectivity index (χ0v) is 13.3. The summed E-state index contributed by atoms with van der Waals surface area (Å²) in [6.07, 6.45) is 0. The first-order valence-electron chi connectivity index (χ1n) is 7.17. The molecule has 0 radical (unpaired) electrons. The van der Waals surface area contributed by atoms with Gasteiger partial charge in [0.05, 0.1) is 6.04 Å². The number of carbonyl (C=O) groups excluding carboxylic acids is 1. The van der Waals surface area contributed by atoms with Crippen molar-refractivity contribution >= 4 is 28.4 Å². The lowest BCUT2D eigenvalue weighted by Crippen LogP contribution is -2.28. The van der Waals surface area contributed by atoms with E-state index in [1.165, 1.54) is 0 Å². The van der Waals surface area contributed by atoms with Crippen LogP contribution in [0.15, 0.2) is 54.6 Å². The second-order valence-electron chi connectivity index (χ2n) is 5.40. The Morgan fingerprint density at radius 3 is 2.59 bits per heavy atom. The first kappa shape index (κ1) is 14.7. The third-order valence-electron chi connectivity index (χ3n) is 3.89. The standard InChI is InChI=1S/C18H17ClN2O/c1-12(13-6-4-3-5-7-13)20-18(22)17-10-14-8-9-15(19)11-16(14)21(17)2/h3-12H,1-2H3,(H,20,22)/t12-/m0/s1. The molecule has 0 saturated heterocycles. The van der Waals surface area contributed by atoms with Crippen LogP contribution < -0.4 is 5.32 Å². The molecule has 2 aromatic carbocycles. The monoisotopic (exact) mass is 312 g/mol. The number of aryl methyl sites for hydroxylation is 1. The molecule has 3 aromatic rings. The average Bonchev–Trinajstić information content (AvgIpc) is 2.85. The number of nitrogens with one attached hydrogen (secondary N) is 1. The molecule has 1 atom stereocenters. The van der Waals surface area contributed by atoms with Crippen molar-refractivity contribution in [2.24, 2.45) is 7.05 Å². The van der Waals surface area contributed by atoms with E-state index in [2.05, 4.69) is 5.32 Å². The fourth-order valence-electron chi connectivity index (χ4n) is 2.62. The molecule has 0 fully saturated rings. The molecule has 1 amide bonds. The maximum Gasteiger partial charge on any atom is 0.268 e. The van der Waals surface area contributed by atoms with Gasteiger partial charge in [0.1, 0.15) is 5.69 Å². The molecule has 4 heteroatoms. The summed E-state index contributed by atoms with van der Waals surface area (Å²) in [5.74, 6) is -0.0915. The minimum Gasteiger partial charge on any atom is -0.344 e. The Bertz CT molecular complexity index is 824. The summed E-state index contributed by atoms with van der Waals surface area (Å²) in [5.41, 5.74) is 2.66. The van der Waals surface area contributed by atoms with E-state index in [4.69, 9.17) is 11.6 Å². The van der Waals surface area contributed by atoms with Crippen LogP contribution in [0.4, 0.5) is 0 Å². The lowest BCUT2D eigenvalue weighted by molar-refractivity contribution is 0.0932.